The first-order valence-electron chi connectivity index (χ1n) is 12.3. The zero-order valence-electron chi connectivity index (χ0n) is 20.5. The van der Waals surface area contributed by atoms with Gasteiger partial charge in [-0.2, -0.15) is 0 Å². The molecule has 0 aliphatic rings. The van der Waals surface area contributed by atoms with E-state index in [1.807, 2.05) is 78.9 Å². The van der Waals surface area contributed by atoms with Crippen LogP contribution in [0.15, 0.2) is 83.7 Å². The van der Waals surface area contributed by atoms with Crippen LogP contribution in [0.2, 0.25) is 0 Å². The Bertz CT molecular complexity index is 1280. The van der Waals surface area contributed by atoms with E-state index in [1.54, 1.807) is 4.57 Å². The average Bonchev–Trinajstić information content (AvgIpc) is 2.90. The summed E-state index contributed by atoms with van der Waals surface area (Å²) in [4.78, 5) is 13.5. The number of pyridine rings is 1. The van der Waals surface area contributed by atoms with Crippen LogP contribution in [0.5, 0.6) is 17.2 Å². The van der Waals surface area contributed by atoms with Crippen LogP contribution in [0.4, 0.5) is 0 Å². The van der Waals surface area contributed by atoms with E-state index >= 15 is 0 Å². The van der Waals surface area contributed by atoms with Gasteiger partial charge in [0.25, 0.3) is 5.56 Å². The minimum atomic E-state index is -0.181. The fourth-order valence-corrected chi connectivity index (χ4v) is 4.18. The van der Waals surface area contributed by atoms with Crippen LogP contribution >= 0.6 is 0 Å². The first-order chi connectivity index (χ1) is 17.2. The Kier molecular flexibility index (Phi) is 8.44. The lowest BCUT2D eigenvalue weighted by Crippen LogP contribution is -2.23. The highest BCUT2D eigenvalue weighted by molar-refractivity contribution is 5.89. The minimum absolute atomic E-state index is 0.181. The lowest BCUT2D eigenvalue weighted by molar-refractivity contribution is 0.284. The molecule has 0 saturated carbocycles. The van der Waals surface area contributed by atoms with Crippen LogP contribution in [0.1, 0.15) is 43.7 Å². The summed E-state index contributed by atoms with van der Waals surface area (Å²) in [5.74, 6) is 1.42. The van der Waals surface area contributed by atoms with Gasteiger partial charge in [0, 0.05) is 18.0 Å². The monoisotopic (exact) mass is 471 g/mol. The molecule has 0 N–H and O–H groups in total. The molecule has 4 aromatic rings. The largest absolute Gasteiger partial charge is 0.489 e. The van der Waals surface area contributed by atoms with Crippen LogP contribution in [0.3, 0.4) is 0 Å². The molecule has 0 saturated heterocycles. The molecule has 0 bridgehead atoms. The van der Waals surface area contributed by atoms with Crippen molar-refractivity contribution in [1.29, 1.82) is 0 Å². The van der Waals surface area contributed by atoms with Crippen molar-refractivity contribution in [2.45, 2.75) is 52.4 Å². The van der Waals surface area contributed by atoms with Gasteiger partial charge >= 0.3 is 0 Å². The number of benzene rings is 3. The first-order valence-corrected chi connectivity index (χ1v) is 12.3. The molecule has 0 radical (unpaired) electrons. The molecule has 0 atom stereocenters. The highest BCUT2D eigenvalue weighted by atomic mass is 16.5. The van der Waals surface area contributed by atoms with Crippen molar-refractivity contribution in [2.24, 2.45) is 0 Å². The third kappa shape index (κ3) is 6.04. The van der Waals surface area contributed by atoms with Crippen molar-refractivity contribution < 1.29 is 14.2 Å². The van der Waals surface area contributed by atoms with Crippen molar-refractivity contribution in [3.8, 4) is 17.2 Å². The number of nitrogens with zero attached hydrogens (tertiary/aromatic N) is 1. The third-order valence-electron chi connectivity index (χ3n) is 6.06. The van der Waals surface area contributed by atoms with E-state index in [0.29, 0.717) is 31.3 Å². The molecule has 0 aliphatic heterocycles. The van der Waals surface area contributed by atoms with Gasteiger partial charge in [-0.05, 0) is 29.7 Å². The van der Waals surface area contributed by atoms with Crippen molar-refractivity contribution in [2.75, 3.05) is 7.11 Å². The number of unbranched alkanes of at least 4 members (excludes halogenated alkanes) is 3. The molecule has 0 unspecified atom stereocenters. The summed E-state index contributed by atoms with van der Waals surface area (Å²) >= 11 is 0. The first kappa shape index (κ1) is 24.4. The molecule has 0 amide bonds. The van der Waals surface area contributed by atoms with E-state index in [-0.39, 0.29) is 11.3 Å². The van der Waals surface area contributed by atoms with Crippen molar-refractivity contribution in [3.05, 3.63) is 100 Å². The summed E-state index contributed by atoms with van der Waals surface area (Å²) < 4.78 is 19.7. The number of hydrogen-bond donors (Lipinski definition) is 0. The number of hydrogen-bond acceptors (Lipinski definition) is 4. The average molecular weight is 472 g/mol. The van der Waals surface area contributed by atoms with E-state index in [9.17, 15) is 4.79 Å². The van der Waals surface area contributed by atoms with Crippen molar-refractivity contribution >= 4 is 10.9 Å². The molecule has 0 fully saturated rings. The molecule has 35 heavy (non-hydrogen) atoms. The van der Waals surface area contributed by atoms with E-state index < -0.39 is 0 Å². The molecule has 5 heteroatoms. The molecule has 1 aromatic heterocycles. The second kappa shape index (κ2) is 12.1. The molecule has 3 aromatic carbocycles. The molecule has 0 spiro atoms. The second-order valence-corrected chi connectivity index (χ2v) is 8.61. The fourth-order valence-electron chi connectivity index (χ4n) is 4.18. The maximum Gasteiger partial charge on any atom is 0.297 e. The van der Waals surface area contributed by atoms with E-state index in [4.69, 9.17) is 14.2 Å². The molecule has 182 valence electrons. The van der Waals surface area contributed by atoms with Crippen LogP contribution in [0, 0.1) is 0 Å². The number of rotatable bonds is 12. The lowest BCUT2D eigenvalue weighted by atomic mass is 10.1. The zero-order valence-corrected chi connectivity index (χ0v) is 20.5. The quantitative estimate of drug-likeness (QED) is 0.215. The predicted octanol–water partition coefficient (Wildman–Crippen LogP) is 6.75. The van der Waals surface area contributed by atoms with Gasteiger partial charge in [0.1, 0.15) is 19.0 Å². The minimum Gasteiger partial charge on any atom is -0.489 e. The van der Waals surface area contributed by atoms with Gasteiger partial charge in [0.15, 0.2) is 5.75 Å². The van der Waals surface area contributed by atoms with Gasteiger partial charge in [-0.3, -0.25) is 4.79 Å². The number of aromatic nitrogens is 1. The van der Waals surface area contributed by atoms with Crippen LogP contribution in [0.25, 0.3) is 10.9 Å². The van der Waals surface area contributed by atoms with E-state index in [1.165, 1.54) is 7.11 Å². The fraction of sp³-hybridized carbons (Fsp3) is 0.300. The summed E-state index contributed by atoms with van der Waals surface area (Å²) in [5.41, 5.74) is 2.72. The number of methoxy groups -OCH3 is 1. The Morgan fingerprint density at radius 3 is 2.03 bits per heavy atom. The summed E-state index contributed by atoms with van der Waals surface area (Å²) in [6, 6.07) is 25.8. The Hall–Kier alpha value is -3.73. The number of aryl methyl sites for hydroxylation is 1. The highest BCUT2D eigenvalue weighted by Crippen LogP contribution is 2.35. The normalized spacial score (nSPS) is 10.9. The zero-order chi connectivity index (χ0) is 24.5. The Balaban J connectivity index is 1.72. The van der Waals surface area contributed by atoms with Crippen LogP contribution < -0.4 is 19.8 Å². The standard InChI is InChI=1S/C30H33NO4/c1-3-4-5-12-19-31-27-20-25(34-21-23-13-8-6-9-14-23)17-18-26(27)28(29(33-2)30(31)32)35-22-24-15-10-7-11-16-24/h6-11,13-18,20H,3-5,12,19,21-22H2,1-2H3. The van der Waals surface area contributed by atoms with Crippen LogP contribution in [-0.2, 0) is 19.8 Å². The maximum absolute atomic E-state index is 13.5. The number of ether oxygens (including phenoxy) is 3. The molecule has 5 nitrogen and oxygen atoms in total. The van der Waals surface area contributed by atoms with E-state index in [2.05, 4.69) is 6.92 Å². The summed E-state index contributed by atoms with van der Waals surface area (Å²) in [5, 5.41) is 0.833. The molecule has 1 heterocycles. The summed E-state index contributed by atoms with van der Waals surface area (Å²) in [7, 11) is 1.52. The van der Waals surface area contributed by atoms with Gasteiger partial charge in [-0.1, -0.05) is 86.8 Å². The molecule has 4 rings (SSSR count). The van der Waals surface area contributed by atoms with Gasteiger partial charge in [0.2, 0.25) is 5.75 Å². The lowest BCUT2D eigenvalue weighted by Gasteiger charge is -2.18. The molecule has 0 aliphatic carbocycles. The van der Waals surface area contributed by atoms with Crippen molar-refractivity contribution in [1.82, 2.24) is 4.57 Å². The Labute approximate surface area is 206 Å². The maximum atomic E-state index is 13.5. The van der Waals surface area contributed by atoms with Gasteiger partial charge in [-0.25, -0.2) is 0 Å². The predicted molar refractivity (Wildman–Crippen MR) is 140 cm³/mol. The third-order valence-corrected chi connectivity index (χ3v) is 6.06. The van der Waals surface area contributed by atoms with Gasteiger partial charge < -0.3 is 18.8 Å². The van der Waals surface area contributed by atoms with Gasteiger partial charge in [0.05, 0.1) is 12.6 Å². The second-order valence-electron chi connectivity index (χ2n) is 8.61. The topological polar surface area (TPSA) is 49.7 Å². The summed E-state index contributed by atoms with van der Waals surface area (Å²) in [6.45, 7) is 3.60. The Morgan fingerprint density at radius 1 is 0.743 bits per heavy atom. The van der Waals surface area contributed by atoms with Gasteiger partial charge in [-0.15, -0.1) is 0 Å². The summed E-state index contributed by atoms with van der Waals surface area (Å²) in [6.07, 6.45) is 4.28. The highest BCUT2D eigenvalue weighted by Gasteiger charge is 2.20. The number of fused-ring (bicyclic) bond motifs is 1. The van der Waals surface area contributed by atoms with Crippen LogP contribution in [-0.4, -0.2) is 11.7 Å². The van der Waals surface area contributed by atoms with Crippen molar-refractivity contribution in [3.63, 3.8) is 0 Å². The molecular weight excluding hydrogens is 438 g/mol. The Morgan fingerprint density at radius 2 is 1.40 bits per heavy atom. The molecular formula is C30H33NO4. The SMILES string of the molecule is CCCCCCn1c(=O)c(OC)c(OCc2ccccc2)c2ccc(OCc3ccccc3)cc21. The van der Waals surface area contributed by atoms with E-state index in [0.717, 1.165) is 47.7 Å². The smallest absolute Gasteiger partial charge is 0.297 e.